The largest absolute Gasteiger partial charge is 0.493 e. The maximum absolute atomic E-state index is 14.3. The van der Waals surface area contributed by atoms with Crippen LogP contribution in [-0.4, -0.2) is 110 Å². The molecule has 6 aliphatic rings. The summed E-state index contributed by atoms with van der Waals surface area (Å²) in [5.74, 6) is 0.483. The van der Waals surface area contributed by atoms with E-state index in [-0.39, 0.29) is 66.7 Å². The van der Waals surface area contributed by atoms with Crippen LogP contribution >= 0.6 is 0 Å². The highest BCUT2D eigenvalue weighted by Gasteiger charge is 2.61. The molecule has 8 heterocycles. The molecule has 4 atom stereocenters. The van der Waals surface area contributed by atoms with Crippen LogP contribution in [0, 0.1) is 18.3 Å². The van der Waals surface area contributed by atoms with Crippen molar-refractivity contribution in [2.45, 2.75) is 115 Å². The molecule has 12 rings (SSSR count). The number of nitrogens with zero attached hydrogens (tertiary/aromatic N) is 9. The smallest absolute Gasteiger partial charge is 0.343 e. The molecule has 1 spiro atoms. The molecule has 2 saturated heterocycles. The minimum atomic E-state index is -1.90. The van der Waals surface area contributed by atoms with Crippen molar-refractivity contribution in [1.29, 1.82) is 5.26 Å². The third kappa shape index (κ3) is 7.68. The third-order valence-electron chi connectivity index (χ3n) is 17.0. The number of ether oxygens (including phenoxy) is 3. The van der Waals surface area contributed by atoms with Crippen LogP contribution in [0.25, 0.3) is 33.1 Å². The van der Waals surface area contributed by atoms with Gasteiger partial charge in [0.15, 0.2) is 5.60 Å². The molecule has 16 heteroatoms. The fraction of sp³-hybridized carbons (Fsp3) is 0.431. The molecule has 16 nitrogen and oxygen atoms in total. The second-order valence-corrected chi connectivity index (χ2v) is 21.0. The van der Waals surface area contributed by atoms with Crippen molar-refractivity contribution in [3.8, 4) is 29.2 Å². The van der Waals surface area contributed by atoms with Gasteiger partial charge < -0.3 is 38.6 Å². The zero-order valence-corrected chi connectivity index (χ0v) is 42.6. The van der Waals surface area contributed by atoms with Crippen LogP contribution < -0.4 is 24.8 Å². The van der Waals surface area contributed by atoms with E-state index in [1.54, 1.807) is 22.5 Å². The summed E-state index contributed by atoms with van der Waals surface area (Å²) < 4.78 is 19.9. The number of anilines is 2. The first kappa shape index (κ1) is 47.6. The summed E-state index contributed by atoms with van der Waals surface area (Å²) in [7, 11) is 2.18. The molecule has 3 aromatic heterocycles. The van der Waals surface area contributed by atoms with E-state index >= 15 is 0 Å². The van der Waals surface area contributed by atoms with E-state index in [4.69, 9.17) is 29.2 Å². The number of hydrogen-bond acceptors (Lipinski definition) is 14. The second-order valence-electron chi connectivity index (χ2n) is 21.0. The van der Waals surface area contributed by atoms with Gasteiger partial charge in [-0.15, -0.1) is 0 Å². The number of aromatic nitrogens is 4. The van der Waals surface area contributed by atoms with E-state index in [0.29, 0.717) is 67.9 Å². The SMILES string of the molecule is C=C(CCOc1ccc2nc3c(c(CC)c2c1)Cn1c-3cc2c(c1=O)COC(=O)[C@]2(O)CC)C(=O)N1CCN(c2nc(OC3CC34CCCN4C)nc3c2CCN(c2cccc4cccc(C)c24)C3)C[C@@H]1CC#N. The monoisotopic (exact) mass is 995 g/mol. The molecular formula is C58H61N9O7. The number of esters is 1. The summed E-state index contributed by atoms with van der Waals surface area (Å²) >= 11 is 0. The number of rotatable bonds is 12. The van der Waals surface area contributed by atoms with Gasteiger partial charge in [-0.3, -0.25) is 14.5 Å². The molecule has 1 N–H and O–H groups in total. The first-order chi connectivity index (χ1) is 35.8. The summed E-state index contributed by atoms with van der Waals surface area (Å²) in [4.78, 5) is 65.0. The summed E-state index contributed by atoms with van der Waals surface area (Å²) in [6.07, 6.45) is 5.14. The number of aryl methyl sites for hydroxylation is 2. The Hall–Kier alpha value is -7.35. The molecule has 3 fully saturated rings. The molecule has 1 aliphatic carbocycles. The van der Waals surface area contributed by atoms with E-state index in [1.807, 2.05) is 18.2 Å². The molecule has 74 heavy (non-hydrogen) atoms. The molecule has 0 bridgehead atoms. The van der Waals surface area contributed by atoms with E-state index in [2.05, 4.69) is 84.6 Å². The predicted molar refractivity (Wildman–Crippen MR) is 280 cm³/mol. The Labute approximate surface area is 429 Å². The van der Waals surface area contributed by atoms with Gasteiger partial charge in [0.25, 0.3) is 5.56 Å². The average Bonchev–Trinajstić information content (AvgIpc) is 3.80. The third-order valence-corrected chi connectivity index (χ3v) is 17.0. The van der Waals surface area contributed by atoms with Crippen LogP contribution in [0.3, 0.4) is 0 Å². The molecule has 380 valence electrons. The lowest BCUT2D eigenvalue weighted by Gasteiger charge is -2.42. The Bertz CT molecular complexity index is 3450. The number of nitriles is 1. The van der Waals surface area contributed by atoms with Gasteiger partial charge in [-0.25, -0.2) is 9.78 Å². The molecule has 3 aromatic carbocycles. The van der Waals surface area contributed by atoms with E-state index in [0.717, 1.165) is 77.9 Å². The molecule has 1 saturated carbocycles. The second kappa shape index (κ2) is 18.2. The van der Waals surface area contributed by atoms with Crippen molar-refractivity contribution in [1.82, 2.24) is 29.3 Å². The Morgan fingerprint density at radius 1 is 0.986 bits per heavy atom. The molecule has 1 amide bonds. The number of cyclic esters (lactones) is 1. The number of carbonyl (C=O) groups excluding carboxylic acids is 2. The van der Waals surface area contributed by atoms with Gasteiger partial charge in [0.1, 0.15) is 24.3 Å². The lowest BCUT2D eigenvalue weighted by Crippen LogP contribution is -2.56. The first-order valence-corrected chi connectivity index (χ1v) is 26.2. The number of benzene rings is 3. The molecule has 2 unspecified atom stereocenters. The summed E-state index contributed by atoms with van der Waals surface area (Å²) in [6, 6.07) is 22.7. The average molecular weight is 996 g/mol. The summed E-state index contributed by atoms with van der Waals surface area (Å²) in [6.45, 7) is 14.3. The Morgan fingerprint density at radius 3 is 2.61 bits per heavy atom. The van der Waals surface area contributed by atoms with Crippen LogP contribution in [0.5, 0.6) is 11.8 Å². The number of carbonyl (C=O) groups is 2. The normalized spacial score (nSPS) is 22.8. The van der Waals surface area contributed by atoms with Gasteiger partial charge >= 0.3 is 12.0 Å². The van der Waals surface area contributed by atoms with Crippen molar-refractivity contribution in [3.05, 3.63) is 122 Å². The number of fused-ring (bicyclic) bond motifs is 7. The van der Waals surface area contributed by atoms with Gasteiger partial charge in [0.2, 0.25) is 5.91 Å². The van der Waals surface area contributed by atoms with Crippen molar-refractivity contribution in [3.63, 3.8) is 0 Å². The molecule has 0 radical (unpaired) electrons. The zero-order valence-electron chi connectivity index (χ0n) is 42.6. The maximum atomic E-state index is 14.3. The van der Waals surface area contributed by atoms with Gasteiger partial charge in [-0.05, 0) is 99.5 Å². The Balaban J connectivity index is 0.748. The van der Waals surface area contributed by atoms with Gasteiger partial charge in [-0.2, -0.15) is 15.2 Å². The van der Waals surface area contributed by atoms with Crippen molar-refractivity contribution in [2.75, 3.05) is 56.2 Å². The summed E-state index contributed by atoms with van der Waals surface area (Å²) in [5, 5.41) is 24.8. The van der Waals surface area contributed by atoms with Crippen molar-refractivity contribution < 1.29 is 28.9 Å². The number of pyridine rings is 2. The lowest BCUT2D eigenvalue weighted by molar-refractivity contribution is -0.172. The van der Waals surface area contributed by atoms with Gasteiger partial charge in [0.05, 0.1) is 71.9 Å². The fourth-order valence-electron chi connectivity index (χ4n) is 12.8. The Morgan fingerprint density at radius 2 is 1.82 bits per heavy atom. The van der Waals surface area contributed by atoms with E-state index < -0.39 is 17.6 Å². The number of piperazine rings is 1. The zero-order chi connectivity index (χ0) is 51.2. The highest BCUT2D eigenvalue weighted by molar-refractivity contribution is 5.97. The van der Waals surface area contributed by atoms with Crippen LogP contribution in [0.4, 0.5) is 11.5 Å². The molecule has 5 aliphatic heterocycles. The minimum Gasteiger partial charge on any atom is -0.493 e. The quantitative estimate of drug-likeness (QED) is 0.0974. The standard InChI is InChI=1S/C58H61N9O7/c1-6-39-41-27-38(15-16-45(41)60-51-42(39)31-67-48(51)28-44-43(54(67)69)33-73-55(70)58(44,71)7-2)72-26-19-35(4)53(68)66-25-24-65(30-37(66)17-21-59)52-40-18-23-64(47-14-9-13-36-12-8-11-34(3)50(36)47)32-46(40)61-56(62-52)74-49-29-57(49)20-10-22-63(57)5/h8-9,11-16,27-28,37,49,71H,4,6-7,10,17-20,22-26,29-33H2,1-3,5H3/t37-,49?,57?,58-/m0/s1. The minimum absolute atomic E-state index is 0.0278. The van der Waals surface area contributed by atoms with Gasteiger partial charge in [-0.1, -0.05) is 50.8 Å². The van der Waals surface area contributed by atoms with Crippen LogP contribution in [0.15, 0.2) is 77.6 Å². The molecular weight excluding hydrogens is 935 g/mol. The van der Waals surface area contributed by atoms with Gasteiger partial charge in [0, 0.05) is 77.7 Å². The van der Waals surface area contributed by atoms with E-state index in [9.17, 15) is 24.8 Å². The lowest BCUT2D eigenvalue weighted by atomic mass is 9.86. The fourth-order valence-corrected chi connectivity index (χ4v) is 12.8. The first-order valence-electron chi connectivity index (χ1n) is 26.2. The number of aliphatic hydroxyl groups is 1. The number of hydrogen-bond donors (Lipinski definition) is 1. The van der Waals surface area contributed by atoms with Crippen molar-refractivity contribution in [2.24, 2.45) is 0 Å². The number of likely N-dealkylation sites (tertiary alicyclic amines) is 1. The van der Waals surface area contributed by atoms with Crippen LogP contribution in [0.1, 0.15) is 91.4 Å². The van der Waals surface area contributed by atoms with Crippen molar-refractivity contribution >= 4 is 45.1 Å². The van der Waals surface area contributed by atoms with E-state index in [1.165, 1.54) is 22.0 Å². The molecule has 6 aromatic rings. The maximum Gasteiger partial charge on any atom is 0.343 e. The highest BCUT2D eigenvalue weighted by Crippen LogP contribution is 2.51. The Kier molecular flexibility index (Phi) is 11.7. The van der Waals surface area contributed by atoms with Crippen LogP contribution in [0.2, 0.25) is 0 Å². The number of amides is 1. The topological polar surface area (TPSA) is 179 Å². The number of likely N-dealkylation sites (N-methyl/N-ethyl adjacent to an activating group) is 1. The highest BCUT2D eigenvalue weighted by atomic mass is 16.6. The van der Waals surface area contributed by atoms with Crippen LogP contribution in [-0.2, 0) is 52.5 Å². The summed E-state index contributed by atoms with van der Waals surface area (Å²) in [5.41, 5.74) is 7.12. The predicted octanol–water partition coefficient (Wildman–Crippen LogP) is 7.03.